The van der Waals surface area contributed by atoms with Crippen LogP contribution < -0.4 is 5.32 Å². The molecular weight excluding hydrogens is 302 g/mol. The number of carbonyl (C=O) groups excluding carboxylic acids is 1. The molecule has 2 rings (SSSR count). The molecule has 1 amide bonds. The van der Waals surface area contributed by atoms with Gasteiger partial charge in [0.15, 0.2) is 0 Å². The molecule has 0 aliphatic carbocycles. The van der Waals surface area contributed by atoms with Gasteiger partial charge in [0, 0.05) is 32.0 Å². The van der Waals surface area contributed by atoms with Crippen LogP contribution in [0, 0.1) is 0 Å². The van der Waals surface area contributed by atoms with Crippen molar-refractivity contribution in [3.05, 3.63) is 47.5 Å². The smallest absolute Gasteiger partial charge is 0.234 e. The van der Waals surface area contributed by atoms with E-state index in [4.69, 9.17) is 11.6 Å². The van der Waals surface area contributed by atoms with Gasteiger partial charge in [-0.15, -0.1) is 0 Å². The summed E-state index contributed by atoms with van der Waals surface area (Å²) in [4.78, 5) is 18.0. The van der Waals surface area contributed by atoms with E-state index in [1.807, 2.05) is 30.1 Å². The van der Waals surface area contributed by atoms with Gasteiger partial charge in [-0.25, -0.2) is 0 Å². The van der Waals surface area contributed by atoms with Gasteiger partial charge in [0.05, 0.1) is 23.5 Å². The third kappa shape index (κ3) is 5.83. The maximum Gasteiger partial charge on any atom is 0.234 e. The third-order valence-electron chi connectivity index (χ3n) is 3.06. The Hall–Kier alpha value is -1.92. The number of aromatic nitrogens is 3. The molecule has 0 spiro atoms. The average molecular weight is 322 g/mol. The Morgan fingerprint density at radius 2 is 2.32 bits per heavy atom. The van der Waals surface area contributed by atoms with E-state index in [0.717, 1.165) is 18.7 Å². The molecule has 0 aliphatic heterocycles. The number of rotatable bonds is 8. The van der Waals surface area contributed by atoms with Crippen molar-refractivity contribution >= 4 is 17.5 Å². The summed E-state index contributed by atoms with van der Waals surface area (Å²) in [6.45, 7) is 2.36. The predicted octanol–water partition coefficient (Wildman–Crippen LogP) is 1.57. The van der Waals surface area contributed by atoms with Crippen LogP contribution in [0.25, 0.3) is 0 Å². The zero-order valence-electron chi connectivity index (χ0n) is 12.6. The first-order valence-corrected chi connectivity index (χ1v) is 7.54. The largest absolute Gasteiger partial charge is 0.355 e. The fourth-order valence-electron chi connectivity index (χ4n) is 2.05. The van der Waals surface area contributed by atoms with E-state index >= 15 is 0 Å². The molecule has 0 bridgehead atoms. The van der Waals surface area contributed by atoms with Crippen LogP contribution in [0.3, 0.4) is 0 Å². The van der Waals surface area contributed by atoms with Crippen molar-refractivity contribution in [2.24, 2.45) is 0 Å². The lowest BCUT2D eigenvalue weighted by Gasteiger charge is -2.15. The van der Waals surface area contributed by atoms with Crippen molar-refractivity contribution in [2.45, 2.75) is 19.5 Å². The summed E-state index contributed by atoms with van der Waals surface area (Å²) in [7, 11) is 1.90. The summed E-state index contributed by atoms with van der Waals surface area (Å²) in [6, 6.07) is 5.77. The van der Waals surface area contributed by atoms with Crippen LogP contribution in [0.1, 0.15) is 12.1 Å². The summed E-state index contributed by atoms with van der Waals surface area (Å²) in [5, 5.41) is 7.61. The van der Waals surface area contributed by atoms with Crippen LogP contribution >= 0.6 is 11.6 Å². The number of pyridine rings is 1. The maximum absolute atomic E-state index is 11.8. The fraction of sp³-hybridized carbons (Fsp3) is 0.400. The number of likely N-dealkylation sites (N-methyl/N-ethyl adjacent to an activating group) is 1. The molecular formula is C15H20ClN5O. The van der Waals surface area contributed by atoms with Gasteiger partial charge < -0.3 is 5.32 Å². The van der Waals surface area contributed by atoms with E-state index in [-0.39, 0.29) is 5.91 Å². The normalized spacial score (nSPS) is 10.9. The maximum atomic E-state index is 11.8. The van der Waals surface area contributed by atoms with Gasteiger partial charge >= 0.3 is 0 Å². The Kier molecular flexibility index (Phi) is 6.36. The molecule has 2 aromatic rings. The zero-order chi connectivity index (χ0) is 15.8. The Morgan fingerprint density at radius 3 is 3.00 bits per heavy atom. The summed E-state index contributed by atoms with van der Waals surface area (Å²) in [6.07, 6.45) is 5.94. The SMILES string of the molecule is CN(CC(=O)NCCCn1cc(Cl)cn1)Cc1ccccn1. The quantitative estimate of drug-likeness (QED) is 0.750. The summed E-state index contributed by atoms with van der Waals surface area (Å²) in [5.74, 6) is 0.0110. The first-order chi connectivity index (χ1) is 10.6. The highest BCUT2D eigenvalue weighted by Crippen LogP contribution is 2.04. The molecule has 2 heterocycles. The molecule has 0 unspecified atom stereocenters. The van der Waals surface area contributed by atoms with E-state index in [9.17, 15) is 4.79 Å². The van der Waals surface area contributed by atoms with E-state index in [2.05, 4.69) is 15.4 Å². The number of hydrogen-bond acceptors (Lipinski definition) is 4. The minimum Gasteiger partial charge on any atom is -0.355 e. The second-order valence-electron chi connectivity index (χ2n) is 5.12. The van der Waals surface area contributed by atoms with Gasteiger partial charge in [-0.1, -0.05) is 17.7 Å². The Labute approximate surface area is 135 Å². The van der Waals surface area contributed by atoms with Crippen LogP contribution in [-0.2, 0) is 17.9 Å². The Morgan fingerprint density at radius 1 is 1.45 bits per heavy atom. The first-order valence-electron chi connectivity index (χ1n) is 7.16. The summed E-state index contributed by atoms with van der Waals surface area (Å²) < 4.78 is 1.77. The lowest BCUT2D eigenvalue weighted by Crippen LogP contribution is -2.35. The second-order valence-corrected chi connectivity index (χ2v) is 5.55. The van der Waals surface area contributed by atoms with Crippen molar-refractivity contribution in [1.29, 1.82) is 0 Å². The third-order valence-corrected chi connectivity index (χ3v) is 3.25. The average Bonchev–Trinajstić information content (AvgIpc) is 2.90. The molecule has 0 aromatic carbocycles. The van der Waals surface area contributed by atoms with Gasteiger partial charge in [0.25, 0.3) is 0 Å². The van der Waals surface area contributed by atoms with E-state index in [1.165, 1.54) is 0 Å². The number of nitrogens with one attached hydrogen (secondary N) is 1. The number of hydrogen-bond donors (Lipinski definition) is 1. The molecule has 0 aliphatic rings. The molecule has 7 heteroatoms. The topological polar surface area (TPSA) is 63.1 Å². The van der Waals surface area contributed by atoms with E-state index < -0.39 is 0 Å². The number of carbonyl (C=O) groups is 1. The highest BCUT2D eigenvalue weighted by Gasteiger charge is 2.07. The zero-order valence-corrected chi connectivity index (χ0v) is 13.3. The van der Waals surface area contributed by atoms with Crippen molar-refractivity contribution in [3.63, 3.8) is 0 Å². The number of nitrogens with zero attached hydrogens (tertiary/aromatic N) is 4. The van der Waals surface area contributed by atoms with Crippen LogP contribution in [0.4, 0.5) is 0 Å². The number of halogens is 1. The monoisotopic (exact) mass is 321 g/mol. The molecule has 0 saturated carbocycles. The minimum atomic E-state index is 0.0110. The van der Waals surface area contributed by atoms with Gasteiger partial charge in [0.2, 0.25) is 5.91 Å². The summed E-state index contributed by atoms with van der Waals surface area (Å²) >= 11 is 5.78. The van der Waals surface area contributed by atoms with Crippen LogP contribution in [0.2, 0.25) is 5.02 Å². The second kappa shape index (κ2) is 8.51. The standard InChI is InChI=1S/C15H20ClN5O/c1-20(11-14-5-2-3-6-17-14)12-15(22)18-7-4-8-21-10-13(16)9-19-21/h2-3,5-6,9-10H,4,7-8,11-12H2,1H3,(H,18,22). The minimum absolute atomic E-state index is 0.0110. The summed E-state index contributed by atoms with van der Waals surface area (Å²) in [5.41, 5.74) is 0.952. The van der Waals surface area contributed by atoms with Crippen LogP contribution in [0.15, 0.2) is 36.8 Å². The molecule has 6 nitrogen and oxygen atoms in total. The molecule has 1 N–H and O–H groups in total. The highest BCUT2D eigenvalue weighted by molar-refractivity contribution is 6.30. The lowest BCUT2D eigenvalue weighted by atomic mass is 10.3. The van der Waals surface area contributed by atoms with Gasteiger partial charge in [-0.2, -0.15) is 5.10 Å². The van der Waals surface area contributed by atoms with E-state index in [1.54, 1.807) is 23.3 Å². The molecule has 118 valence electrons. The molecule has 0 saturated heterocycles. The molecule has 0 atom stereocenters. The number of amides is 1. The van der Waals surface area contributed by atoms with Gasteiger partial charge in [-0.05, 0) is 25.6 Å². The van der Waals surface area contributed by atoms with Crippen LogP contribution in [0.5, 0.6) is 0 Å². The molecule has 0 fully saturated rings. The van der Waals surface area contributed by atoms with Crippen molar-refractivity contribution in [2.75, 3.05) is 20.1 Å². The predicted molar refractivity (Wildman–Crippen MR) is 85.4 cm³/mol. The van der Waals surface area contributed by atoms with Gasteiger partial charge in [-0.3, -0.25) is 19.4 Å². The fourth-order valence-corrected chi connectivity index (χ4v) is 2.21. The van der Waals surface area contributed by atoms with Crippen molar-refractivity contribution < 1.29 is 4.79 Å². The van der Waals surface area contributed by atoms with Crippen LogP contribution in [-0.4, -0.2) is 45.7 Å². The lowest BCUT2D eigenvalue weighted by molar-refractivity contribution is -0.122. The molecule has 0 radical (unpaired) electrons. The molecule has 2 aromatic heterocycles. The number of aryl methyl sites for hydroxylation is 1. The van der Waals surface area contributed by atoms with Crippen molar-refractivity contribution in [3.8, 4) is 0 Å². The Balaban J connectivity index is 1.61. The first kappa shape index (κ1) is 16.5. The van der Waals surface area contributed by atoms with Gasteiger partial charge in [0.1, 0.15) is 0 Å². The molecule has 22 heavy (non-hydrogen) atoms. The van der Waals surface area contributed by atoms with Crippen molar-refractivity contribution in [1.82, 2.24) is 25.0 Å². The Bertz CT molecular complexity index is 587. The van der Waals surface area contributed by atoms with E-state index in [0.29, 0.717) is 24.7 Å². The highest BCUT2D eigenvalue weighted by atomic mass is 35.5.